The van der Waals surface area contributed by atoms with Crippen LogP contribution in [0.25, 0.3) is 0 Å². The van der Waals surface area contributed by atoms with Gasteiger partial charge in [-0.25, -0.2) is 0 Å². The monoisotopic (exact) mass is 201 g/mol. The van der Waals surface area contributed by atoms with E-state index in [2.05, 4.69) is 12.6 Å². The van der Waals surface area contributed by atoms with Crippen molar-refractivity contribution < 1.29 is 0 Å². The SMILES string of the molecule is CSCCn1ccc(S)cc1=O. The number of aromatic nitrogens is 1. The Balaban J connectivity index is 2.80. The molecule has 1 aromatic rings. The van der Waals surface area contributed by atoms with Crippen LogP contribution in [0.15, 0.2) is 28.0 Å². The van der Waals surface area contributed by atoms with Crippen molar-refractivity contribution in [2.24, 2.45) is 0 Å². The Morgan fingerprint density at radius 3 is 3.00 bits per heavy atom. The van der Waals surface area contributed by atoms with Gasteiger partial charge in [0.25, 0.3) is 5.56 Å². The normalized spacial score (nSPS) is 10.2. The van der Waals surface area contributed by atoms with Crippen LogP contribution in [0, 0.1) is 0 Å². The van der Waals surface area contributed by atoms with Crippen molar-refractivity contribution >= 4 is 24.4 Å². The first-order chi connectivity index (χ1) is 5.74. The molecule has 0 spiro atoms. The van der Waals surface area contributed by atoms with E-state index in [1.807, 2.05) is 12.3 Å². The molecule has 0 fully saturated rings. The van der Waals surface area contributed by atoms with Gasteiger partial charge in [0, 0.05) is 29.5 Å². The first kappa shape index (κ1) is 9.74. The standard InChI is InChI=1S/C8H11NOS2/c1-12-5-4-9-3-2-7(11)6-8(9)10/h2-3,6,11H,4-5H2,1H3. The minimum absolute atomic E-state index is 0.0246. The van der Waals surface area contributed by atoms with Crippen LogP contribution >= 0.6 is 24.4 Å². The Morgan fingerprint density at radius 1 is 1.67 bits per heavy atom. The van der Waals surface area contributed by atoms with E-state index in [9.17, 15) is 4.79 Å². The smallest absolute Gasteiger partial charge is 0.251 e. The highest BCUT2D eigenvalue weighted by atomic mass is 32.2. The Labute approximate surface area is 81.4 Å². The van der Waals surface area contributed by atoms with Crippen LogP contribution in [0.2, 0.25) is 0 Å². The maximum atomic E-state index is 11.3. The predicted octanol–water partition coefficient (Wildman–Crippen LogP) is 1.50. The number of rotatable bonds is 3. The van der Waals surface area contributed by atoms with E-state index in [-0.39, 0.29) is 5.56 Å². The molecule has 0 aromatic carbocycles. The predicted molar refractivity (Wildman–Crippen MR) is 56.3 cm³/mol. The summed E-state index contributed by atoms with van der Waals surface area (Å²) in [6, 6.07) is 3.36. The van der Waals surface area contributed by atoms with Crippen LogP contribution in [-0.4, -0.2) is 16.6 Å². The van der Waals surface area contributed by atoms with Crippen molar-refractivity contribution in [3.8, 4) is 0 Å². The molecule has 12 heavy (non-hydrogen) atoms. The van der Waals surface area contributed by atoms with E-state index in [1.165, 1.54) is 6.07 Å². The topological polar surface area (TPSA) is 22.0 Å². The van der Waals surface area contributed by atoms with Crippen molar-refractivity contribution in [1.82, 2.24) is 4.57 Å². The van der Waals surface area contributed by atoms with Gasteiger partial charge >= 0.3 is 0 Å². The second-order valence-electron chi connectivity index (χ2n) is 2.41. The lowest BCUT2D eigenvalue weighted by Gasteiger charge is -2.02. The van der Waals surface area contributed by atoms with Crippen LogP contribution in [0.4, 0.5) is 0 Å². The van der Waals surface area contributed by atoms with Crippen LogP contribution in [-0.2, 0) is 6.54 Å². The van der Waals surface area contributed by atoms with Gasteiger partial charge in [0.15, 0.2) is 0 Å². The van der Waals surface area contributed by atoms with Gasteiger partial charge < -0.3 is 4.57 Å². The lowest BCUT2D eigenvalue weighted by atomic mass is 10.4. The molecule has 2 nitrogen and oxygen atoms in total. The summed E-state index contributed by atoms with van der Waals surface area (Å²) in [7, 11) is 0. The van der Waals surface area contributed by atoms with Crippen LogP contribution in [0.5, 0.6) is 0 Å². The number of thioether (sulfide) groups is 1. The molecule has 0 aliphatic carbocycles. The van der Waals surface area contributed by atoms with Gasteiger partial charge in [0.1, 0.15) is 0 Å². The Kier molecular flexibility index (Phi) is 3.75. The highest BCUT2D eigenvalue weighted by Crippen LogP contribution is 2.00. The number of nitrogens with zero attached hydrogens (tertiary/aromatic N) is 1. The van der Waals surface area contributed by atoms with Crippen molar-refractivity contribution in [3.05, 3.63) is 28.7 Å². The zero-order chi connectivity index (χ0) is 8.97. The Hall–Kier alpha value is -0.350. The summed E-state index contributed by atoms with van der Waals surface area (Å²) < 4.78 is 1.69. The van der Waals surface area contributed by atoms with Crippen LogP contribution < -0.4 is 5.56 Å². The first-order valence-electron chi connectivity index (χ1n) is 3.62. The highest BCUT2D eigenvalue weighted by Gasteiger charge is 1.94. The second kappa shape index (κ2) is 4.62. The number of hydrogen-bond donors (Lipinski definition) is 1. The molecule has 0 unspecified atom stereocenters. The maximum absolute atomic E-state index is 11.3. The van der Waals surface area contributed by atoms with Gasteiger partial charge in [0.05, 0.1) is 0 Å². The lowest BCUT2D eigenvalue weighted by Crippen LogP contribution is -2.19. The zero-order valence-electron chi connectivity index (χ0n) is 6.86. The van der Waals surface area contributed by atoms with E-state index < -0.39 is 0 Å². The maximum Gasteiger partial charge on any atom is 0.251 e. The fourth-order valence-corrected chi connectivity index (χ4v) is 1.43. The molecule has 66 valence electrons. The second-order valence-corrected chi connectivity index (χ2v) is 3.91. The fraction of sp³-hybridized carbons (Fsp3) is 0.375. The summed E-state index contributed by atoms with van der Waals surface area (Å²) in [6.07, 6.45) is 3.80. The van der Waals surface area contributed by atoms with Crippen LogP contribution in [0.1, 0.15) is 0 Å². The molecular weight excluding hydrogens is 190 g/mol. The first-order valence-corrected chi connectivity index (χ1v) is 5.46. The molecule has 0 aliphatic rings. The molecular formula is C8H11NOS2. The molecule has 0 aliphatic heterocycles. The third kappa shape index (κ3) is 2.60. The summed E-state index contributed by atoms with van der Waals surface area (Å²) >= 11 is 5.80. The van der Waals surface area contributed by atoms with Gasteiger partial charge in [-0.3, -0.25) is 4.79 Å². The Bertz CT molecular complexity index is 308. The molecule has 0 radical (unpaired) electrons. The lowest BCUT2D eigenvalue weighted by molar-refractivity contribution is 0.730. The van der Waals surface area contributed by atoms with Crippen molar-refractivity contribution in [3.63, 3.8) is 0 Å². The third-order valence-corrected chi connectivity index (χ3v) is 2.38. The molecule has 0 bridgehead atoms. The van der Waals surface area contributed by atoms with E-state index in [0.29, 0.717) is 0 Å². The molecule has 1 heterocycles. The fourth-order valence-electron chi connectivity index (χ4n) is 0.872. The van der Waals surface area contributed by atoms with E-state index in [1.54, 1.807) is 22.5 Å². The van der Waals surface area contributed by atoms with Gasteiger partial charge in [0.2, 0.25) is 0 Å². The molecule has 0 saturated carbocycles. The number of thiol groups is 1. The summed E-state index contributed by atoms with van der Waals surface area (Å²) in [4.78, 5) is 12.0. The summed E-state index contributed by atoms with van der Waals surface area (Å²) in [6.45, 7) is 0.772. The molecule has 4 heteroatoms. The van der Waals surface area contributed by atoms with Gasteiger partial charge in [-0.15, -0.1) is 12.6 Å². The number of aryl methyl sites for hydroxylation is 1. The molecule has 1 rings (SSSR count). The zero-order valence-corrected chi connectivity index (χ0v) is 8.57. The highest BCUT2D eigenvalue weighted by molar-refractivity contribution is 7.98. The van der Waals surface area contributed by atoms with Crippen molar-refractivity contribution in [2.45, 2.75) is 11.4 Å². The molecule has 0 amide bonds. The van der Waals surface area contributed by atoms with E-state index in [4.69, 9.17) is 0 Å². The van der Waals surface area contributed by atoms with E-state index in [0.717, 1.165) is 17.2 Å². The summed E-state index contributed by atoms with van der Waals surface area (Å²) in [5.41, 5.74) is 0.0246. The minimum atomic E-state index is 0.0246. The summed E-state index contributed by atoms with van der Waals surface area (Å²) in [5, 5.41) is 0. The summed E-state index contributed by atoms with van der Waals surface area (Å²) in [5.74, 6) is 0.964. The molecule has 0 saturated heterocycles. The molecule has 0 N–H and O–H groups in total. The van der Waals surface area contributed by atoms with Gasteiger partial charge in [-0.1, -0.05) is 0 Å². The number of pyridine rings is 1. The number of hydrogen-bond acceptors (Lipinski definition) is 3. The largest absolute Gasteiger partial charge is 0.315 e. The molecule has 0 atom stereocenters. The van der Waals surface area contributed by atoms with Crippen LogP contribution in [0.3, 0.4) is 0 Å². The quantitative estimate of drug-likeness (QED) is 0.749. The average Bonchev–Trinajstić information content (AvgIpc) is 2.03. The van der Waals surface area contributed by atoms with Crippen molar-refractivity contribution in [2.75, 3.05) is 12.0 Å². The molecule has 1 aromatic heterocycles. The average molecular weight is 201 g/mol. The van der Waals surface area contributed by atoms with E-state index >= 15 is 0 Å². The van der Waals surface area contributed by atoms with Gasteiger partial charge in [-0.05, 0) is 12.3 Å². The minimum Gasteiger partial charge on any atom is -0.315 e. The van der Waals surface area contributed by atoms with Crippen molar-refractivity contribution in [1.29, 1.82) is 0 Å². The van der Waals surface area contributed by atoms with Gasteiger partial charge in [-0.2, -0.15) is 11.8 Å². The Morgan fingerprint density at radius 2 is 2.42 bits per heavy atom. The third-order valence-electron chi connectivity index (χ3n) is 1.52.